The van der Waals surface area contributed by atoms with Gasteiger partial charge in [-0.15, -0.1) is 0 Å². The van der Waals surface area contributed by atoms with Crippen molar-refractivity contribution in [3.63, 3.8) is 0 Å². The second kappa shape index (κ2) is 5.63. The first-order valence-electron chi connectivity index (χ1n) is 7.07. The number of nitrogens with one attached hydrogen (secondary N) is 1. The summed E-state index contributed by atoms with van der Waals surface area (Å²) in [7, 11) is 0. The van der Waals surface area contributed by atoms with Crippen molar-refractivity contribution in [2.24, 2.45) is 11.0 Å². The summed E-state index contributed by atoms with van der Waals surface area (Å²) in [5.74, 6) is 0.537. The molecule has 4 heteroatoms. The third-order valence-electron chi connectivity index (χ3n) is 4.06. The lowest BCUT2D eigenvalue weighted by Crippen LogP contribution is -2.42. The van der Waals surface area contributed by atoms with Crippen LogP contribution >= 0.6 is 15.9 Å². The molecule has 2 unspecified atom stereocenters. The number of piperidine rings is 1. The third kappa shape index (κ3) is 2.70. The lowest BCUT2D eigenvalue weighted by molar-refractivity contribution is 0.228. The van der Waals surface area contributed by atoms with Crippen LogP contribution < -0.4 is 5.43 Å². The first-order valence-corrected chi connectivity index (χ1v) is 7.87. The summed E-state index contributed by atoms with van der Waals surface area (Å²) in [6, 6.07) is 8.91. The quantitative estimate of drug-likeness (QED) is 0.925. The Bertz CT molecular complexity index is 486. The summed E-state index contributed by atoms with van der Waals surface area (Å²) in [4.78, 5) is 2.57. The Kier molecular flexibility index (Phi) is 3.89. The highest BCUT2D eigenvalue weighted by atomic mass is 79.9. The summed E-state index contributed by atoms with van der Waals surface area (Å²) in [6.45, 7) is 5.75. The van der Waals surface area contributed by atoms with Gasteiger partial charge in [0, 0.05) is 35.6 Å². The molecule has 1 aromatic rings. The van der Waals surface area contributed by atoms with Crippen LogP contribution in [0.3, 0.4) is 0 Å². The zero-order valence-corrected chi connectivity index (χ0v) is 12.9. The Labute approximate surface area is 123 Å². The Morgan fingerprint density at radius 1 is 1.47 bits per heavy atom. The molecule has 0 bridgehead atoms. The number of hydrogen-bond donors (Lipinski definition) is 1. The molecule has 2 aliphatic heterocycles. The highest BCUT2D eigenvalue weighted by molar-refractivity contribution is 9.10. The molecule has 19 heavy (non-hydrogen) atoms. The summed E-state index contributed by atoms with van der Waals surface area (Å²) in [6.07, 6.45) is 2.34. The van der Waals surface area contributed by atoms with Gasteiger partial charge in [0.1, 0.15) is 0 Å². The molecule has 1 aromatic carbocycles. The van der Waals surface area contributed by atoms with Gasteiger partial charge >= 0.3 is 0 Å². The van der Waals surface area contributed by atoms with E-state index < -0.39 is 0 Å². The molecule has 2 atom stereocenters. The Balaban J connectivity index is 1.78. The number of fused-ring (bicyclic) bond motifs is 1. The molecule has 1 N–H and O–H groups in total. The Morgan fingerprint density at radius 2 is 2.37 bits per heavy atom. The van der Waals surface area contributed by atoms with Crippen molar-refractivity contribution in [1.29, 1.82) is 0 Å². The molecule has 0 aliphatic carbocycles. The molecule has 2 heterocycles. The lowest BCUT2D eigenvalue weighted by Gasteiger charge is -2.33. The van der Waals surface area contributed by atoms with Crippen molar-refractivity contribution in [2.75, 3.05) is 19.6 Å². The average molecular weight is 322 g/mol. The maximum atomic E-state index is 4.56. The average Bonchev–Trinajstić information content (AvgIpc) is 2.82. The topological polar surface area (TPSA) is 27.6 Å². The van der Waals surface area contributed by atoms with Crippen molar-refractivity contribution in [1.82, 2.24) is 10.3 Å². The number of benzene rings is 1. The third-order valence-corrected chi connectivity index (χ3v) is 4.56. The van der Waals surface area contributed by atoms with Gasteiger partial charge in [0.05, 0.1) is 6.04 Å². The number of rotatable bonds is 3. The molecule has 3 nitrogen and oxygen atoms in total. The standard InChI is InChI=1S/C15H20BrN3/c1-2-7-19-8-6-14-13(10-19)15(18-17-14)11-4-3-5-12(16)9-11/h3-5,9,13,15,18H,2,6-8,10H2,1H3. The summed E-state index contributed by atoms with van der Waals surface area (Å²) < 4.78 is 1.14. The van der Waals surface area contributed by atoms with E-state index in [4.69, 9.17) is 0 Å². The van der Waals surface area contributed by atoms with E-state index in [1.807, 2.05) is 0 Å². The van der Waals surface area contributed by atoms with Crippen LogP contribution in [0, 0.1) is 5.92 Å². The van der Waals surface area contributed by atoms with E-state index in [2.05, 4.69) is 62.5 Å². The van der Waals surface area contributed by atoms with E-state index in [1.165, 1.54) is 24.2 Å². The fourth-order valence-electron chi connectivity index (χ4n) is 3.14. The highest BCUT2D eigenvalue weighted by Crippen LogP contribution is 2.33. The number of hydrazone groups is 1. The zero-order valence-electron chi connectivity index (χ0n) is 11.3. The van der Waals surface area contributed by atoms with Crippen molar-refractivity contribution in [3.05, 3.63) is 34.3 Å². The molecular weight excluding hydrogens is 302 g/mol. The smallest absolute Gasteiger partial charge is 0.0783 e. The molecule has 1 saturated heterocycles. The van der Waals surface area contributed by atoms with Crippen LogP contribution in [-0.2, 0) is 0 Å². The monoisotopic (exact) mass is 321 g/mol. The molecule has 0 amide bonds. The summed E-state index contributed by atoms with van der Waals surface area (Å²) >= 11 is 3.56. The van der Waals surface area contributed by atoms with E-state index in [0.717, 1.165) is 24.0 Å². The van der Waals surface area contributed by atoms with Gasteiger partial charge in [-0.2, -0.15) is 5.10 Å². The van der Waals surface area contributed by atoms with Crippen LogP contribution in [0.2, 0.25) is 0 Å². The van der Waals surface area contributed by atoms with Crippen LogP contribution in [-0.4, -0.2) is 30.2 Å². The largest absolute Gasteiger partial charge is 0.302 e. The lowest BCUT2D eigenvalue weighted by atomic mass is 9.86. The van der Waals surface area contributed by atoms with Gasteiger partial charge in [-0.1, -0.05) is 35.0 Å². The van der Waals surface area contributed by atoms with Crippen LogP contribution in [0.5, 0.6) is 0 Å². The molecule has 0 aromatic heterocycles. The van der Waals surface area contributed by atoms with Gasteiger partial charge in [0.25, 0.3) is 0 Å². The molecule has 2 aliphatic rings. The van der Waals surface area contributed by atoms with Crippen LogP contribution in [0.25, 0.3) is 0 Å². The summed E-state index contributed by atoms with van der Waals surface area (Å²) in [5, 5.41) is 4.56. The van der Waals surface area contributed by atoms with Crippen molar-refractivity contribution in [2.45, 2.75) is 25.8 Å². The Hall–Kier alpha value is -0.870. The highest BCUT2D eigenvalue weighted by Gasteiger charge is 2.36. The maximum absolute atomic E-state index is 4.56. The normalized spacial score (nSPS) is 26.7. The number of likely N-dealkylation sites (tertiary alicyclic amines) is 1. The number of nitrogens with zero attached hydrogens (tertiary/aromatic N) is 2. The van der Waals surface area contributed by atoms with Crippen molar-refractivity contribution < 1.29 is 0 Å². The predicted molar refractivity (Wildman–Crippen MR) is 82.3 cm³/mol. The molecule has 0 radical (unpaired) electrons. The van der Waals surface area contributed by atoms with Gasteiger partial charge in [-0.3, -0.25) is 0 Å². The molecular formula is C15H20BrN3. The van der Waals surface area contributed by atoms with Gasteiger partial charge in [-0.25, -0.2) is 0 Å². The minimum absolute atomic E-state index is 0.340. The van der Waals surface area contributed by atoms with E-state index >= 15 is 0 Å². The van der Waals surface area contributed by atoms with Crippen LogP contribution in [0.4, 0.5) is 0 Å². The van der Waals surface area contributed by atoms with E-state index in [-0.39, 0.29) is 0 Å². The number of hydrogen-bond acceptors (Lipinski definition) is 3. The maximum Gasteiger partial charge on any atom is 0.0783 e. The van der Waals surface area contributed by atoms with Gasteiger partial charge in [0.2, 0.25) is 0 Å². The SMILES string of the molecule is CCCN1CCC2=NNC(c3cccc(Br)c3)C2C1. The summed E-state index contributed by atoms with van der Waals surface area (Å²) in [5.41, 5.74) is 6.03. The fraction of sp³-hybridized carbons (Fsp3) is 0.533. The molecule has 0 spiro atoms. The van der Waals surface area contributed by atoms with Crippen LogP contribution in [0.15, 0.2) is 33.8 Å². The zero-order chi connectivity index (χ0) is 13.2. The minimum Gasteiger partial charge on any atom is -0.302 e. The number of halogens is 1. The van der Waals surface area contributed by atoms with Gasteiger partial charge < -0.3 is 10.3 Å². The molecule has 102 valence electrons. The molecule has 0 saturated carbocycles. The first-order chi connectivity index (χ1) is 9.28. The van der Waals surface area contributed by atoms with Gasteiger partial charge in [-0.05, 0) is 30.7 Å². The van der Waals surface area contributed by atoms with E-state index in [1.54, 1.807) is 0 Å². The van der Waals surface area contributed by atoms with Crippen molar-refractivity contribution >= 4 is 21.6 Å². The first kappa shape index (κ1) is 13.1. The van der Waals surface area contributed by atoms with E-state index in [9.17, 15) is 0 Å². The minimum atomic E-state index is 0.340. The van der Waals surface area contributed by atoms with Crippen molar-refractivity contribution in [3.8, 4) is 0 Å². The Morgan fingerprint density at radius 3 is 3.16 bits per heavy atom. The molecule has 1 fully saturated rings. The second-order valence-electron chi connectivity index (χ2n) is 5.42. The second-order valence-corrected chi connectivity index (χ2v) is 6.34. The predicted octanol–water partition coefficient (Wildman–Crippen LogP) is 3.18. The molecule has 3 rings (SSSR count). The van der Waals surface area contributed by atoms with Crippen LogP contribution in [0.1, 0.15) is 31.4 Å². The van der Waals surface area contributed by atoms with E-state index in [0.29, 0.717) is 12.0 Å². The fourth-order valence-corrected chi connectivity index (χ4v) is 3.56. The van der Waals surface area contributed by atoms with Gasteiger partial charge in [0.15, 0.2) is 0 Å².